The molecule has 1 fully saturated rings. The number of nitrogens with one attached hydrogen (secondary N) is 1. The lowest BCUT2D eigenvalue weighted by Crippen LogP contribution is -2.41. The summed E-state index contributed by atoms with van der Waals surface area (Å²) in [5.41, 5.74) is 0. The molecular weight excluding hydrogens is 257 g/mol. The normalized spacial score (nSPS) is 32.1. The largest absolute Gasteiger partial charge is 0.346 e. The Bertz CT molecular complexity index is 333. The smallest absolute Gasteiger partial charge is 0.323 e. The molecule has 0 amide bonds. The van der Waals surface area contributed by atoms with Crippen LogP contribution < -0.4 is 5.32 Å². The van der Waals surface area contributed by atoms with Gasteiger partial charge in [0.1, 0.15) is 5.78 Å². The molecule has 0 aromatic rings. The molecule has 102 valence electrons. The molecular formula is C11H24NO3PS. The van der Waals surface area contributed by atoms with Gasteiger partial charge in [-0.25, -0.2) is 0 Å². The van der Waals surface area contributed by atoms with E-state index < -0.39 is 13.4 Å². The van der Waals surface area contributed by atoms with Crippen molar-refractivity contribution in [3.63, 3.8) is 0 Å². The van der Waals surface area contributed by atoms with E-state index in [0.29, 0.717) is 0 Å². The number of hydrogen-bond acceptors (Lipinski definition) is 4. The predicted octanol–water partition coefficient (Wildman–Crippen LogP) is 3.16. The Balaban J connectivity index is 2.88. The Morgan fingerprint density at radius 1 is 1.47 bits per heavy atom. The Morgan fingerprint density at radius 3 is 2.35 bits per heavy atom. The Morgan fingerprint density at radius 2 is 2.00 bits per heavy atom. The molecule has 0 radical (unpaired) electrons. The molecule has 1 saturated heterocycles. The fourth-order valence-electron chi connectivity index (χ4n) is 2.11. The monoisotopic (exact) mass is 281 g/mol. The SMILES string of the molecule is CCC(C)OP(=O)(O)C1NC(C)(C)SC1(C)C. The molecule has 3 unspecified atom stereocenters. The first-order valence-corrected chi connectivity index (χ1v) is 8.45. The number of rotatable bonds is 4. The van der Waals surface area contributed by atoms with E-state index in [4.69, 9.17) is 4.52 Å². The van der Waals surface area contributed by atoms with Gasteiger partial charge in [0.25, 0.3) is 0 Å². The van der Waals surface area contributed by atoms with Gasteiger partial charge < -0.3 is 9.42 Å². The summed E-state index contributed by atoms with van der Waals surface area (Å²) in [7, 11) is -3.65. The van der Waals surface area contributed by atoms with Gasteiger partial charge in [0.15, 0.2) is 0 Å². The van der Waals surface area contributed by atoms with E-state index in [2.05, 4.69) is 5.32 Å². The minimum atomic E-state index is -3.65. The molecule has 0 aromatic carbocycles. The lowest BCUT2D eigenvalue weighted by atomic mass is 10.2. The number of thioether (sulfide) groups is 1. The maximum absolute atomic E-state index is 12.3. The number of hydrogen-bond donors (Lipinski definition) is 2. The van der Waals surface area contributed by atoms with E-state index in [1.54, 1.807) is 11.8 Å². The van der Waals surface area contributed by atoms with Crippen LogP contribution in [0.2, 0.25) is 0 Å². The molecule has 0 saturated carbocycles. The van der Waals surface area contributed by atoms with Gasteiger partial charge in [-0.2, -0.15) is 0 Å². The van der Waals surface area contributed by atoms with Gasteiger partial charge in [-0.05, 0) is 41.0 Å². The minimum Gasteiger partial charge on any atom is -0.323 e. The highest BCUT2D eigenvalue weighted by Crippen LogP contribution is 2.60. The molecule has 6 heteroatoms. The first kappa shape index (κ1) is 15.5. The van der Waals surface area contributed by atoms with Crippen LogP contribution in [-0.2, 0) is 9.09 Å². The van der Waals surface area contributed by atoms with Crippen molar-refractivity contribution in [2.24, 2.45) is 0 Å². The summed E-state index contributed by atoms with van der Waals surface area (Å²) >= 11 is 1.67. The van der Waals surface area contributed by atoms with Gasteiger partial charge in [0.2, 0.25) is 0 Å². The molecule has 2 N–H and O–H groups in total. The van der Waals surface area contributed by atoms with E-state index in [0.717, 1.165) is 6.42 Å². The molecule has 17 heavy (non-hydrogen) atoms. The lowest BCUT2D eigenvalue weighted by Gasteiger charge is -2.30. The molecule has 3 atom stereocenters. The third-order valence-corrected chi connectivity index (χ3v) is 6.55. The second kappa shape index (κ2) is 4.86. The van der Waals surface area contributed by atoms with Crippen LogP contribution in [0, 0.1) is 0 Å². The molecule has 4 nitrogen and oxygen atoms in total. The highest BCUT2D eigenvalue weighted by Gasteiger charge is 2.54. The van der Waals surface area contributed by atoms with Gasteiger partial charge in [0, 0.05) is 4.75 Å². The van der Waals surface area contributed by atoms with Crippen LogP contribution in [0.3, 0.4) is 0 Å². The molecule has 1 aliphatic heterocycles. The summed E-state index contributed by atoms with van der Waals surface area (Å²) in [6, 6.07) is 0. The second-order valence-corrected chi connectivity index (χ2v) is 9.78. The standard InChI is InChI=1S/C11H24NO3PS/c1-7-8(2)15-16(13,14)9-10(3,4)17-11(5,6)12-9/h8-9,12H,7H2,1-6H3,(H,13,14). The fraction of sp³-hybridized carbons (Fsp3) is 1.00. The van der Waals surface area contributed by atoms with Gasteiger partial charge in [-0.1, -0.05) is 6.92 Å². The molecule has 0 spiro atoms. The van der Waals surface area contributed by atoms with Crippen LogP contribution in [0.5, 0.6) is 0 Å². The van der Waals surface area contributed by atoms with E-state index in [1.807, 2.05) is 41.5 Å². The summed E-state index contributed by atoms with van der Waals surface area (Å²) in [6.45, 7) is 11.8. The summed E-state index contributed by atoms with van der Waals surface area (Å²) < 4.78 is 17.4. The van der Waals surface area contributed by atoms with Gasteiger partial charge >= 0.3 is 7.60 Å². The zero-order valence-corrected chi connectivity index (χ0v) is 13.2. The van der Waals surface area contributed by atoms with Gasteiger partial charge in [-0.3, -0.25) is 9.88 Å². The van der Waals surface area contributed by atoms with Crippen LogP contribution in [0.1, 0.15) is 48.0 Å². The summed E-state index contributed by atoms with van der Waals surface area (Å²) in [4.78, 5) is 9.94. The maximum atomic E-state index is 12.3. The zero-order valence-electron chi connectivity index (χ0n) is 11.5. The van der Waals surface area contributed by atoms with Gasteiger partial charge in [-0.15, -0.1) is 11.8 Å². The van der Waals surface area contributed by atoms with Crippen LogP contribution in [0.4, 0.5) is 0 Å². The van der Waals surface area contributed by atoms with Crippen molar-refractivity contribution in [2.45, 2.75) is 69.5 Å². The van der Waals surface area contributed by atoms with Crippen molar-refractivity contribution < 1.29 is 14.0 Å². The fourth-order valence-corrected chi connectivity index (χ4v) is 6.48. The maximum Gasteiger partial charge on any atom is 0.346 e. The molecule has 0 aromatic heterocycles. The third kappa shape index (κ3) is 3.71. The quantitative estimate of drug-likeness (QED) is 0.775. The average molecular weight is 281 g/mol. The molecule has 1 rings (SSSR count). The van der Waals surface area contributed by atoms with Crippen molar-refractivity contribution in [3.8, 4) is 0 Å². The highest BCUT2D eigenvalue weighted by molar-refractivity contribution is 8.02. The molecule has 0 bridgehead atoms. The lowest BCUT2D eigenvalue weighted by molar-refractivity contribution is 0.173. The first-order chi connectivity index (χ1) is 7.50. The highest BCUT2D eigenvalue weighted by atomic mass is 32.2. The van der Waals surface area contributed by atoms with E-state index in [9.17, 15) is 9.46 Å². The Labute approximate surface area is 108 Å². The third-order valence-electron chi connectivity index (χ3n) is 2.89. The van der Waals surface area contributed by atoms with Crippen molar-refractivity contribution in [1.82, 2.24) is 5.32 Å². The predicted molar refractivity (Wildman–Crippen MR) is 73.3 cm³/mol. The average Bonchev–Trinajstić information content (AvgIpc) is 2.34. The summed E-state index contributed by atoms with van der Waals surface area (Å²) in [5.74, 6) is -0.524. The van der Waals surface area contributed by atoms with E-state index in [-0.39, 0.29) is 15.7 Å². The summed E-state index contributed by atoms with van der Waals surface area (Å²) in [6.07, 6.45) is 0.533. The van der Waals surface area contributed by atoms with Crippen molar-refractivity contribution in [1.29, 1.82) is 0 Å². The van der Waals surface area contributed by atoms with Crippen LogP contribution in [-0.4, -0.2) is 26.4 Å². The Hall–Kier alpha value is 0.460. The second-order valence-electron chi connectivity index (χ2n) is 5.65. The van der Waals surface area contributed by atoms with Crippen LogP contribution >= 0.6 is 19.4 Å². The molecule has 1 aliphatic rings. The van der Waals surface area contributed by atoms with Crippen molar-refractivity contribution in [2.75, 3.05) is 0 Å². The zero-order chi connectivity index (χ0) is 13.5. The first-order valence-electron chi connectivity index (χ1n) is 5.99. The van der Waals surface area contributed by atoms with Crippen molar-refractivity contribution >= 4 is 19.4 Å². The van der Waals surface area contributed by atoms with Crippen molar-refractivity contribution in [3.05, 3.63) is 0 Å². The van der Waals surface area contributed by atoms with Gasteiger partial charge in [0.05, 0.1) is 11.0 Å². The Kier molecular flexibility index (Phi) is 4.43. The molecule has 0 aliphatic carbocycles. The summed E-state index contributed by atoms with van der Waals surface area (Å²) in [5, 5.41) is 3.22. The van der Waals surface area contributed by atoms with Crippen LogP contribution in [0.25, 0.3) is 0 Å². The van der Waals surface area contributed by atoms with E-state index >= 15 is 0 Å². The topological polar surface area (TPSA) is 58.6 Å². The van der Waals surface area contributed by atoms with E-state index in [1.165, 1.54) is 0 Å². The minimum absolute atomic E-state index is 0.197. The molecule has 1 heterocycles. The van der Waals surface area contributed by atoms with Crippen LogP contribution in [0.15, 0.2) is 0 Å².